The van der Waals surface area contributed by atoms with Crippen LogP contribution in [0.4, 0.5) is 0 Å². The minimum atomic E-state index is -0.681. The molecular weight excluding hydrogens is 372 g/mol. The van der Waals surface area contributed by atoms with E-state index in [0.29, 0.717) is 27.5 Å². The van der Waals surface area contributed by atoms with Gasteiger partial charge >= 0.3 is 11.9 Å². The molecule has 27 heavy (non-hydrogen) atoms. The average Bonchev–Trinajstić information content (AvgIpc) is 3.10. The van der Waals surface area contributed by atoms with Crippen molar-refractivity contribution in [3.8, 4) is 0 Å². The number of carbonyl (C=O) groups excluding carboxylic acids is 2. The molecule has 0 radical (unpaired) electrons. The number of aliphatic hydroxyl groups excluding tert-OH is 1. The summed E-state index contributed by atoms with van der Waals surface area (Å²) >= 11 is 1.33. The molecule has 1 aliphatic heterocycles. The summed E-state index contributed by atoms with van der Waals surface area (Å²) < 4.78 is 10.2. The van der Waals surface area contributed by atoms with Crippen LogP contribution in [0.15, 0.2) is 34.1 Å². The lowest BCUT2D eigenvalue weighted by atomic mass is 10.1. The third kappa shape index (κ3) is 4.20. The van der Waals surface area contributed by atoms with E-state index >= 15 is 0 Å². The van der Waals surface area contributed by atoms with Gasteiger partial charge in [-0.15, -0.1) is 11.8 Å². The number of ether oxygens (including phenoxy) is 2. The van der Waals surface area contributed by atoms with E-state index < -0.39 is 17.5 Å². The van der Waals surface area contributed by atoms with Gasteiger partial charge in [-0.3, -0.25) is 4.79 Å². The quantitative estimate of drug-likeness (QED) is 0.562. The van der Waals surface area contributed by atoms with Gasteiger partial charge in [0.05, 0.1) is 30.9 Å². The van der Waals surface area contributed by atoms with Crippen LogP contribution in [-0.2, 0) is 16.1 Å². The number of aliphatic hydroxyl groups is 1. The maximum atomic E-state index is 12.4. The van der Waals surface area contributed by atoms with Crippen LogP contribution in [0.5, 0.6) is 0 Å². The maximum Gasteiger partial charge on any atom is 0.374 e. The van der Waals surface area contributed by atoms with Crippen molar-refractivity contribution in [3.63, 3.8) is 0 Å². The lowest BCUT2D eigenvalue weighted by molar-refractivity contribution is 0.0486. The zero-order chi connectivity index (χ0) is 19.4. The van der Waals surface area contributed by atoms with E-state index in [1.807, 2.05) is 0 Å². The summed E-state index contributed by atoms with van der Waals surface area (Å²) in [5.41, 5.74) is 1.04. The number of thioether (sulfide) groups is 1. The Morgan fingerprint density at radius 3 is 2.67 bits per heavy atom. The molecule has 1 atom stereocenters. The lowest BCUT2D eigenvalue weighted by Gasteiger charge is -2.11. The molecule has 0 saturated carbocycles. The van der Waals surface area contributed by atoms with Crippen LogP contribution < -0.4 is 5.56 Å². The Labute approximate surface area is 158 Å². The van der Waals surface area contributed by atoms with Gasteiger partial charge < -0.3 is 19.6 Å². The first kappa shape index (κ1) is 19.1. The second-order valence-electron chi connectivity index (χ2n) is 5.82. The van der Waals surface area contributed by atoms with E-state index in [4.69, 9.17) is 14.6 Å². The molecule has 1 aromatic heterocycles. The predicted octanol–water partition coefficient (Wildman–Crippen LogP) is 1.49. The molecule has 0 amide bonds. The van der Waals surface area contributed by atoms with Gasteiger partial charge in [-0.2, -0.15) is 0 Å². The molecule has 1 aliphatic rings. The zero-order valence-electron chi connectivity index (χ0n) is 14.6. The first-order valence-corrected chi connectivity index (χ1v) is 9.33. The Hall–Kier alpha value is -2.65. The van der Waals surface area contributed by atoms with Gasteiger partial charge in [0.15, 0.2) is 0 Å². The number of H-pyrrole nitrogens is 1. The number of fused-ring (bicyclic) bond motifs is 1. The summed E-state index contributed by atoms with van der Waals surface area (Å²) in [6, 6.07) is 6.43. The van der Waals surface area contributed by atoms with Crippen molar-refractivity contribution in [3.05, 3.63) is 57.1 Å². The number of carbonyl (C=O) groups is 2. The number of rotatable bonds is 6. The van der Waals surface area contributed by atoms with Crippen molar-refractivity contribution in [2.75, 3.05) is 19.0 Å². The molecule has 0 fully saturated rings. The molecule has 2 heterocycles. The van der Waals surface area contributed by atoms with E-state index in [1.165, 1.54) is 11.8 Å². The number of nitrogens with zero attached hydrogens (tertiary/aromatic N) is 1. The maximum absolute atomic E-state index is 12.4. The largest absolute Gasteiger partial charge is 0.461 e. The summed E-state index contributed by atoms with van der Waals surface area (Å²) in [7, 11) is 0. The van der Waals surface area contributed by atoms with Crippen molar-refractivity contribution < 1.29 is 24.2 Å². The highest BCUT2D eigenvalue weighted by atomic mass is 32.2. The number of nitrogens with one attached hydrogen (secondary N) is 1. The standard InChI is InChI=1S/C18H18N2O6S/c1-2-25-18(24)14-19-15(22)13-12(9-27-16(13)20-14)8-26-17(23)11-5-3-10(7-21)4-6-11/h3-6,12,21H,2,7-9H2,1H3,(H,19,20,22). The van der Waals surface area contributed by atoms with Crippen LogP contribution in [0.3, 0.4) is 0 Å². The normalized spacial score (nSPS) is 15.3. The fraction of sp³-hybridized carbons (Fsp3) is 0.333. The minimum absolute atomic E-state index is 0.0318. The van der Waals surface area contributed by atoms with Crippen molar-refractivity contribution in [2.45, 2.75) is 24.5 Å². The smallest absolute Gasteiger partial charge is 0.374 e. The molecule has 8 nitrogen and oxygen atoms in total. The molecule has 0 aliphatic carbocycles. The Kier molecular flexibility index (Phi) is 5.92. The Morgan fingerprint density at radius 2 is 2.00 bits per heavy atom. The van der Waals surface area contributed by atoms with Crippen LogP contribution in [0.25, 0.3) is 0 Å². The van der Waals surface area contributed by atoms with Crippen LogP contribution in [0.2, 0.25) is 0 Å². The highest BCUT2D eigenvalue weighted by Gasteiger charge is 2.30. The van der Waals surface area contributed by atoms with Crippen LogP contribution in [-0.4, -0.2) is 46.0 Å². The van der Waals surface area contributed by atoms with Crippen molar-refractivity contribution in [1.29, 1.82) is 0 Å². The molecule has 1 aromatic carbocycles. The monoisotopic (exact) mass is 390 g/mol. The fourth-order valence-corrected chi connectivity index (χ4v) is 3.82. The fourth-order valence-electron chi connectivity index (χ4n) is 2.63. The predicted molar refractivity (Wildman–Crippen MR) is 96.9 cm³/mol. The average molecular weight is 390 g/mol. The van der Waals surface area contributed by atoms with Gasteiger partial charge in [0.2, 0.25) is 5.82 Å². The number of benzene rings is 1. The third-order valence-electron chi connectivity index (χ3n) is 4.01. The Morgan fingerprint density at radius 1 is 1.26 bits per heavy atom. The third-order valence-corrected chi connectivity index (χ3v) is 5.16. The van der Waals surface area contributed by atoms with Gasteiger partial charge in [0.25, 0.3) is 5.56 Å². The lowest BCUT2D eigenvalue weighted by Crippen LogP contribution is -2.24. The second kappa shape index (κ2) is 8.36. The van der Waals surface area contributed by atoms with Gasteiger partial charge in [0.1, 0.15) is 5.03 Å². The van der Waals surface area contributed by atoms with Crippen molar-refractivity contribution >= 4 is 23.7 Å². The highest BCUT2D eigenvalue weighted by Crippen LogP contribution is 2.36. The van der Waals surface area contributed by atoms with E-state index in [2.05, 4.69) is 9.97 Å². The van der Waals surface area contributed by atoms with E-state index in [9.17, 15) is 14.4 Å². The Balaban J connectivity index is 1.69. The first-order chi connectivity index (χ1) is 13.0. The van der Waals surface area contributed by atoms with E-state index in [0.717, 1.165) is 0 Å². The first-order valence-electron chi connectivity index (χ1n) is 8.34. The summed E-state index contributed by atoms with van der Waals surface area (Å²) in [4.78, 5) is 42.9. The summed E-state index contributed by atoms with van der Waals surface area (Å²) in [6.45, 7) is 1.78. The highest BCUT2D eigenvalue weighted by molar-refractivity contribution is 7.99. The zero-order valence-corrected chi connectivity index (χ0v) is 15.4. The summed E-state index contributed by atoms with van der Waals surface area (Å²) in [5.74, 6) is -1.11. The molecule has 2 N–H and O–H groups in total. The number of aromatic nitrogens is 2. The molecule has 1 unspecified atom stereocenters. The minimum Gasteiger partial charge on any atom is -0.461 e. The van der Waals surface area contributed by atoms with Gasteiger partial charge in [0, 0.05) is 11.7 Å². The van der Waals surface area contributed by atoms with Crippen LogP contribution in [0.1, 0.15) is 44.9 Å². The molecule has 3 rings (SSSR count). The van der Waals surface area contributed by atoms with E-state index in [1.54, 1.807) is 31.2 Å². The SMILES string of the molecule is CCOC(=O)c1nc2c(c(=O)[nH]1)C(COC(=O)c1ccc(CO)cc1)CS2. The molecule has 0 bridgehead atoms. The molecule has 9 heteroatoms. The number of hydrogen-bond acceptors (Lipinski definition) is 8. The number of esters is 2. The molecule has 142 valence electrons. The number of hydrogen-bond donors (Lipinski definition) is 2. The Bertz CT molecular complexity index is 909. The van der Waals surface area contributed by atoms with Gasteiger partial charge in [-0.1, -0.05) is 12.1 Å². The summed E-state index contributed by atoms with van der Waals surface area (Å²) in [5, 5.41) is 9.48. The van der Waals surface area contributed by atoms with Gasteiger partial charge in [-0.05, 0) is 24.6 Å². The van der Waals surface area contributed by atoms with Crippen LogP contribution >= 0.6 is 11.8 Å². The molecule has 0 spiro atoms. The second-order valence-corrected chi connectivity index (χ2v) is 6.82. The molecular formula is C18H18N2O6S. The number of aromatic amines is 1. The molecule has 2 aromatic rings. The van der Waals surface area contributed by atoms with Crippen molar-refractivity contribution in [1.82, 2.24) is 9.97 Å². The topological polar surface area (TPSA) is 119 Å². The van der Waals surface area contributed by atoms with Crippen LogP contribution in [0, 0.1) is 0 Å². The summed E-state index contributed by atoms with van der Waals surface area (Å²) in [6.07, 6.45) is 0. The van der Waals surface area contributed by atoms with Gasteiger partial charge in [-0.25, -0.2) is 14.6 Å². The van der Waals surface area contributed by atoms with Crippen molar-refractivity contribution in [2.24, 2.45) is 0 Å². The van der Waals surface area contributed by atoms with E-state index in [-0.39, 0.29) is 31.6 Å². The molecule has 0 saturated heterocycles.